The smallest absolute Gasteiger partial charge is 0.339 e. The molecule has 3 heterocycles. The van der Waals surface area contributed by atoms with Crippen LogP contribution in [-0.2, 0) is 9.57 Å². The van der Waals surface area contributed by atoms with Crippen LogP contribution >= 0.6 is 0 Å². The Morgan fingerprint density at radius 2 is 1.69 bits per heavy atom. The van der Waals surface area contributed by atoms with E-state index < -0.39 is 5.97 Å². The maximum Gasteiger partial charge on any atom is 0.339 e. The first-order valence-electron chi connectivity index (χ1n) is 9.69. The predicted octanol–water partition coefficient (Wildman–Crippen LogP) is 3.55. The lowest BCUT2D eigenvalue weighted by Gasteiger charge is -2.11. The lowest BCUT2D eigenvalue weighted by atomic mass is 10.1. The van der Waals surface area contributed by atoms with Crippen molar-refractivity contribution in [3.63, 3.8) is 0 Å². The second-order valence-electron chi connectivity index (χ2n) is 7.06. The Morgan fingerprint density at radius 1 is 0.969 bits per heavy atom. The van der Waals surface area contributed by atoms with Crippen LogP contribution < -0.4 is 5.56 Å². The zero-order chi connectivity index (χ0) is 22.4. The van der Waals surface area contributed by atoms with E-state index in [0.29, 0.717) is 43.8 Å². The summed E-state index contributed by atoms with van der Waals surface area (Å²) in [5.41, 5.74) is 2.55. The lowest BCUT2D eigenvalue weighted by Crippen LogP contribution is -2.20. The number of nitrogens with zero attached hydrogens (tertiary/aromatic N) is 4. The summed E-state index contributed by atoms with van der Waals surface area (Å²) in [7, 11) is 2.58. The number of rotatable bonds is 4. The topological polar surface area (TPSA) is 94.9 Å². The highest BCUT2D eigenvalue weighted by Crippen LogP contribution is 2.27. The Labute approximate surface area is 180 Å². The number of methoxy groups -OCH3 is 1. The van der Waals surface area contributed by atoms with Crippen molar-refractivity contribution in [2.45, 2.75) is 0 Å². The van der Waals surface area contributed by atoms with Crippen molar-refractivity contribution in [1.82, 2.24) is 14.0 Å². The van der Waals surface area contributed by atoms with Crippen LogP contribution in [0.2, 0.25) is 0 Å². The minimum atomic E-state index is -0.497. The molecule has 3 aromatic heterocycles. The van der Waals surface area contributed by atoms with E-state index in [0.717, 1.165) is 0 Å². The molecule has 0 saturated carbocycles. The van der Waals surface area contributed by atoms with Gasteiger partial charge in [-0.05, 0) is 30.3 Å². The molecular weight excluding hydrogens is 412 g/mol. The molecule has 0 N–H and O–H groups in total. The molecule has 0 spiro atoms. The normalized spacial score (nSPS) is 11.2. The van der Waals surface area contributed by atoms with Gasteiger partial charge in [0.1, 0.15) is 11.2 Å². The molecule has 0 unspecified atom stereocenters. The third kappa shape index (κ3) is 2.83. The van der Waals surface area contributed by atoms with Gasteiger partial charge in [0.25, 0.3) is 10.5 Å². The summed E-state index contributed by atoms with van der Waals surface area (Å²) in [5.74, 6) is -0.497. The third-order valence-electron chi connectivity index (χ3n) is 5.33. The van der Waals surface area contributed by atoms with Crippen molar-refractivity contribution in [2.24, 2.45) is 0 Å². The number of carbonyl (C=O) groups excluding carboxylic acids is 1. The maximum absolute atomic E-state index is 13.6. The summed E-state index contributed by atoms with van der Waals surface area (Å²) in [6.07, 6.45) is 1.60. The van der Waals surface area contributed by atoms with Crippen LogP contribution in [-0.4, -0.2) is 39.1 Å². The molecule has 0 atom stereocenters. The average molecular weight is 429 g/mol. The monoisotopic (exact) mass is 429 g/mol. The number of hydrogen-bond acceptors (Lipinski definition) is 6. The van der Waals surface area contributed by atoms with E-state index in [1.165, 1.54) is 18.8 Å². The first-order valence-corrected chi connectivity index (χ1v) is 9.69. The Hall–Kier alpha value is -4.53. The van der Waals surface area contributed by atoms with Gasteiger partial charge in [0, 0.05) is 29.1 Å². The van der Waals surface area contributed by atoms with Gasteiger partial charge < -0.3 is 4.74 Å². The number of aromatic nitrogens is 3. The third-order valence-corrected chi connectivity index (χ3v) is 5.33. The molecule has 9 heteroatoms. The van der Waals surface area contributed by atoms with Gasteiger partial charge in [0.2, 0.25) is 0 Å². The molecule has 0 aliphatic carbocycles. The standard InChI is InChI=1S/C23H17N4O5/c1-31-23(29)14-7-12-19-24-20-17-5-3-4-6-18(17)22(28)26(21(20)25(19)13-14)15-8-10-16(11-9-15)27(30)32-2/h3-13H,1-2H3/q+1. The van der Waals surface area contributed by atoms with Gasteiger partial charge in [-0.3, -0.25) is 13.8 Å². The minimum absolute atomic E-state index is 0.253. The highest BCUT2D eigenvalue weighted by Gasteiger charge is 2.20. The van der Waals surface area contributed by atoms with Crippen molar-refractivity contribution < 1.29 is 19.3 Å². The molecule has 0 bridgehead atoms. The number of fused-ring (bicyclic) bond motifs is 5. The molecular formula is C23H17N4O5+. The van der Waals surface area contributed by atoms with Crippen molar-refractivity contribution in [3.05, 3.63) is 87.7 Å². The van der Waals surface area contributed by atoms with E-state index >= 15 is 0 Å². The molecule has 0 radical (unpaired) electrons. The van der Waals surface area contributed by atoms with Crippen LogP contribution in [0.25, 0.3) is 33.3 Å². The van der Waals surface area contributed by atoms with Gasteiger partial charge in [-0.2, -0.15) is 0 Å². The molecule has 0 saturated heterocycles. The van der Waals surface area contributed by atoms with Crippen LogP contribution in [0.1, 0.15) is 10.4 Å². The predicted molar refractivity (Wildman–Crippen MR) is 117 cm³/mol. The minimum Gasteiger partial charge on any atom is -0.465 e. The van der Waals surface area contributed by atoms with Crippen LogP contribution in [0.3, 0.4) is 0 Å². The van der Waals surface area contributed by atoms with Gasteiger partial charge in [0.15, 0.2) is 12.8 Å². The Bertz CT molecular complexity index is 1600. The van der Waals surface area contributed by atoms with Gasteiger partial charge in [0.05, 0.1) is 23.3 Å². The summed E-state index contributed by atoms with van der Waals surface area (Å²) >= 11 is 0. The molecule has 0 aliphatic rings. The van der Waals surface area contributed by atoms with Crippen molar-refractivity contribution >= 4 is 39.2 Å². The van der Waals surface area contributed by atoms with E-state index in [4.69, 9.17) is 9.72 Å². The van der Waals surface area contributed by atoms with Gasteiger partial charge in [-0.1, -0.05) is 18.2 Å². The second kappa shape index (κ2) is 7.31. The SMILES string of the molecule is COC(=O)c1ccc2nc3c4ccccc4c(=O)n(-c4ccc([N+](=O)OC)cc4)c3n2c1. The average Bonchev–Trinajstić information content (AvgIpc) is 3.22. The number of ether oxygens (including phenoxy) is 1. The maximum atomic E-state index is 13.6. The van der Waals surface area contributed by atoms with Crippen LogP contribution in [0, 0.1) is 4.91 Å². The fourth-order valence-electron chi connectivity index (χ4n) is 3.83. The van der Waals surface area contributed by atoms with E-state index in [1.807, 2.05) is 12.1 Å². The Morgan fingerprint density at radius 3 is 2.38 bits per heavy atom. The number of esters is 1. The lowest BCUT2D eigenvalue weighted by molar-refractivity contribution is -0.736. The van der Waals surface area contributed by atoms with Crippen LogP contribution in [0.5, 0.6) is 0 Å². The largest absolute Gasteiger partial charge is 0.465 e. The van der Waals surface area contributed by atoms with Crippen molar-refractivity contribution in [2.75, 3.05) is 14.2 Å². The van der Waals surface area contributed by atoms with E-state index in [1.54, 1.807) is 59.1 Å². The molecule has 2 aromatic carbocycles. The number of hydrogen-bond donors (Lipinski definition) is 0. The van der Waals surface area contributed by atoms with E-state index in [9.17, 15) is 14.5 Å². The van der Waals surface area contributed by atoms with Gasteiger partial charge in [-0.15, -0.1) is 0 Å². The van der Waals surface area contributed by atoms with Crippen LogP contribution in [0.15, 0.2) is 71.7 Å². The first-order chi connectivity index (χ1) is 15.5. The molecule has 158 valence electrons. The van der Waals surface area contributed by atoms with Crippen LogP contribution in [0.4, 0.5) is 5.69 Å². The Balaban J connectivity index is 1.91. The Kier molecular flexibility index (Phi) is 4.44. The summed E-state index contributed by atoms with van der Waals surface area (Å²) in [6.45, 7) is 0. The molecule has 5 rings (SSSR count). The molecule has 0 aliphatic heterocycles. The number of benzene rings is 2. The highest BCUT2D eigenvalue weighted by molar-refractivity contribution is 6.04. The first kappa shape index (κ1) is 19.4. The number of imidazole rings is 1. The molecule has 9 nitrogen and oxygen atoms in total. The summed E-state index contributed by atoms with van der Waals surface area (Å²) in [5, 5.41) is 1.21. The molecule has 0 amide bonds. The quantitative estimate of drug-likeness (QED) is 0.320. The molecule has 5 aromatic rings. The second-order valence-corrected chi connectivity index (χ2v) is 7.06. The van der Waals surface area contributed by atoms with Gasteiger partial charge in [-0.25, -0.2) is 14.6 Å². The van der Waals surface area contributed by atoms with Gasteiger partial charge >= 0.3 is 11.7 Å². The molecule has 32 heavy (non-hydrogen) atoms. The summed E-state index contributed by atoms with van der Waals surface area (Å²) in [6, 6.07) is 17.0. The fourth-order valence-corrected chi connectivity index (χ4v) is 3.83. The van der Waals surface area contributed by atoms with Crippen molar-refractivity contribution in [3.8, 4) is 5.69 Å². The summed E-state index contributed by atoms with van der Waals surface area (Å²) in [4.78, 5) is 47.2. The van der Waals surface area contributed by atoms with E-state index in [-0.39, 0.29) is 11.2 Å². The molecule has 0 fully saturated rings. The zero-order valence-electron chi connectivity index (χ0n) is 17.2. The zero-order valence-corrected chi connectivity index (χ0v) is 17.2. The summed E-state index contributed by atoms with van der Waals surface area (Å²) < 4.78 is 8.05. The number of pyridine rings is 2. The van der Waals surface area contributed by atoms with E-state index in [2.05, 4.69) is 4.84 Å². The van der Waals surface area contributed by atoms with Crippen molar-refractivity contribution in [1.29, 1.82) is 0 Å². The fraction of sp³-hybridized carbons (Fsp3) is 0.0870. The number of carbonyl (C=O) groups is 1. The highest BCUT2D eigenvalue weighted by atomic mass is 16.8.